The minimum Gasteiger partial charge on any atom is -0.343 e. The van der Waals surface area contributed by atoms with E-state index in [0.29, 0.717) is 43.2 Å². The van der Waals surface area contributed by atoms with Crippen LogP contribution in [0.1, 0.15) is 60.6 Å². The molecule has 7 nitrogen and oxygen atoms in total. The second-order valence-corrected chi connectivity index (χ2v) is 7.99. The molecule has 0 spiro atoms. The Morgan fingerprint density at radius 3 is 2.41 bits per heavy atom. The van der Waals surface area contributed by atoms with Crippen LogP contribution in [-0.2, 0) is 10.3 Å². The zero-order valence-corrected chi connectivity index (χ0v) is 16.5. The number of hydrogen-bond donors (Lipinski definition) is 1. The molecule has 29 heavy (non-hydrogen) atoms. The van der Waals surface area contributed by atoms with Gasteiger partial charge in [0.15, 0.2) is 5.82 Å². The monoisotopic (exact) mass is 400 g/mol. The number of halogens is 1. The van der Waals surface area contributed by atoms with Crippen molar-refractivity contribution in [2.75, 3.05) is 13.1 Å². The fraction of sp³-hybridized carbons (Fsp3) is 0.524. The van der Waals surface area contributed by atoms with Crippen LogP contribution in [-0.4, -0.2) is 39.9 Å². The molecule has 0 radical (unpaired) electrons. The number of benzene rings is 1. The summed E-state index contributed by atoms with van der Waals surface area (Å²) >= 11 is 0. The van der Waals surface area contributed by atoms with Gasteiger partial charge in [-0.15, -0.1) is 0 Å². The van der Waals surface area contributed by atoms with Gasteiger partial charge in [-0.05, 0) is 49.9 Å². The van der Waals surface area contributed by atoms with Gasteiger partial charge in [0.05, 0.1) is 0 Å². The Kier molecular flexibility index (Phi) is 5.34. The van der Waals surface area contributed by atoms with E-state index in [1.807, 2.05) is 0 Å². The van der Waals surface area contributed by atoms with Crippen molar-refractivity contribution in [3.8, 4) is 0 Å². The molecule has 1 saturated carbocycles. The maximum atomic E-state index is 13.1. The summed E-state index contributed by atoms with van der Waals surface area (Å²) in [5.74, 6) is 0.395. The first-order chi connectivity index (χ1) is 14.0. The Hall–Kier alpha value is -2.77. The number of carbonyl (C=O) groups is 2. The summed E-state index contributed by atoms with van der Waals surface area (Å²) in [6.45, 7) is 2.75. The number of piperidine rings is 1. The van der Waals surface area contributed by atoms with Crippen LogP contribution in [0.3, 0.4) is 0 Å². The van der Waals surface area contributed by atoms with E-state index in [0.717, 1.165) is 25.7 Å². The molecule has 1 aromatic heterocycles. The van der Waals surface area contributed by atoms with Crippen LogP contribution in [0.2, 0.25) is 0 Å². The average Bonchev–Trinajstić information content (AvgIpc) is 3.38. The topological polar surface area (TPSA) is 88.3 Å². The number of aromatic nitrogens is 2. The van der Waals surface area contributed by atoms with Crippen LogP contribution in [0.5, 0.6) is 0 Å². The maximum absolute atomic E-state index is 13.1. The lowest BCUT2D eigenvalue weighted by atomic mass is 9.91. The molecule has 8 heteroatoms. The van der Waals surface area contributed by atoms with Crippen molar-refractivity contribution in [2.45, 2.75) is 51.0 Å². The van der Waals surface area contributed by atoms with Crippen LogP contribution in [0, 0.1) is 18.7 Å². The molecule has 2 amide bonds. The van der Waals surface area contributed by atoms with Gasteiger partial charge in [-0.25, -0.2) is 4.39 Å². The smallest absolute Gasteiger partial charge is 0.253 e. The number of nitrogens with zero attached hydrogens (tertiary/aromatic N) is 3. The van der Waals surface area contributed by atoms with Crippen molar-refractivity contribution in [2.24, 2.45) is 5.92 Å². The van der Waals surface area contributed by atoms with Crippen LogP contribution >= 0.6 is 0 Å². The van der Waals surface area contributed by atoms with Gasteiger partial charge in [0.25, 0.3) is 5.91 Å². The minimum absolute atomic E-state index is 0.0109. The second-order valence-electron chi connectivity index (χ2n) is 7.99. The van der Waals surface area contributed by atoms with Crippen molar-refractivity contribution >= 4 is 11.8 Å². The van der Waals surface area contributed by atoms with E-state index in [2.05, 4.69) is 15.5 Å². The van der Waals surface area contributed by atoms with Gasteiger partial charge in [0, 0.05) is 31.5 Å². The number of rotatable bonds is 4. The molecule has 0 bridgehead atoms. The van der Waals surface area contributed by atoms with Crippen LogP contribution in [0.25, 0.3) is 0 Å². The third kappa shape index (κ3) is 4.02. The zero-order valence-electron chi connectivity index (χ0n) is 16.5. The van der Waals surface area contributed by atoms with E-state index < -0.39 is 5.54 Å². The predicted octanol–water partition coefficient (Wildman–Crippen LogP) is 2.96. The van der Waals surface area contributed by atoms with Gasteiger partial charge >= 0.3 is 0 Å². The molecular weight excluding hydrogens is 375 g/mol. The highest BCUT2D eigenvalue weighted by molar-refractivity contribution is 5.94. The fourth-order valence-corrected chi connectivity index (χ4v) is 4.33. The molecule has 2 aliphatic rings. The summed E-state index contributed by atoms with van der Waals surface area (Å²) in [6.07, 6.45) is 4.83. The lowest BCUT2D eigenvalue weighted by Crippen LogP contribution is -2.49. The van der Waals surface area contributed by atoms with Crippen LogP contribution in [0.15, 0.2) is 28.8 Å². The molecule has 2 aromatic rings. The van der Waals surface area contributed by atoms with E-state index in [4.69, 9.17) is 4.52 Å². The lowest BCUT2D eigenvalue weighted by molar-refractivity contribution is -0.128. The maximum Gasteiger partial charge on any atom is 0.253 e. The minimum atomic E-state index is -0.546. The number of amides is 2. The fourth-order valence-electron chi connectivity index (χ4n) is 4.33. The lowest BCUT2D eigenvalue weighted by Gasteiger charge is -2.34. The molecule has 2 heterocycles. The first kappa shape index (κ1) is 19.5. The van der Waals surface area contributed by atoms with Gasteiger partial charge in [-0.1, -0.05) is 18.0 Å². The molecule has 1 aromatic carbocycles. The highest BCUT2D eigenvalue weighted by atomic mass is 19.1. The SMILES string of the molecule is Cc1nc(C2(NC(=O)C3CCN(C(=O)c4ccc(F)cc4)CC3)CCCC2)no1. The molecule has 0 unspecified atom stereocenters. The Balaban J connectivity index is 1.37. The Morgan fingerprint density at radius 1 is 1.17 bits per heavy atom. The van der Waals surface area contributed by atoms with Crippen molar-refractivity contribution < 1.29 is 18.5 Å². The first-order valence-corrected chi connectivity index (χ1v) is 10.1. The summed E-state index contributed by atoms with van der Waals surface area (Å²) in [6, 6.07) is 5.56. The summed E-state index contributed by atoms with van der Waals surface area (Å²) in [4.78, 5) is 31.7. The van der Waals surface area contributed by atoms with Crippen LogP contribution < -0.4 is 5.32 Å². The van der Waals surface area contributed by atoms with E-state index >= 15 is 0 Å². The summed E-state index contributed by atoms with van der Waals surface area (Å²) in [5, 5.41) is 7.27. The highest BCUT2D eigenvalue weighted by Crippen LogP contribution is 2.38. The van der Waals surface area contributed by atoms with Crippen molar-refractivity contribution in [3.05, 3.63) is 47.4 Å². The first-order valence-electron chi connectivity index (χ1n) is 10.1. The molecule has 4 rings (SSSR count). The number of nitrogens with one attached hydrogen (secondary N) is 1. The van der Waals surface area contributed by atoms with Gasteiger partial charge in [0.2, 0.25) is 11.8 Å². The third-order valence-corrected chi connectivity index (χ3v) is 6.02. The Labute approximate surface area is 168 Å². The van der Waals surface area contributed by atoms with E-state index in [9.17, 15) is 14.0 Å². The van der Waals surface area contributed by atoms with Crippen molar-refractivity contribution in [1.82, 2.24) is 20.4 Å². The van der Waals surface area contributed by atoms with Gasteiger partial charge in [-0.3, -0.25) is 9.59 Å². The van der Waals surface area contributed by atoms with Gasteiger partial charge in [-0.2, -0.15) is 4.98 Å². The molecule has 1 aliphatic carbocycles. The normalized spacial score (nSPS) is 19.3. The zero-order chi connectivity index (χ0) is 20.4. The van der Waals surface area contributed by atoms with E-state index in [1.54, 1.807) is 11.8 Å². The van der Waals surface area contributed by atoms with Gasteiger partial charge in [0.1, 0.15) is 11.4 Å². The summed E-state index contributed by atoms with van der Waals surface area (Å²) in [7, 11) is 0. The number of hydrogen-bond acceptors (Lipinski definition) is 5. The third-order valence-electron chi connectivity index (χ3n) is 6.02. The molecule has 1 aliphatic heterocycles. The molecule has 1 N–H and O–H groups in total. The molecule has 154 valence electrons. The Morgan fingerprint density at radius 2 is 1.83 bits per heavy atom. The summed E-state index contributed by atoms with van der Waals surface area (Å²) < 4.78 is 18.2. The van der Waals surface area contributed by atoms with Gasteiger partial charge < -0.3 is 14.7 Å². The van der Waals surface area contributed by atoms with Crippen molar-refractivity contribution in [3.63, 3.8) is 0 Å². The largest absolute Gasteiger partial charge is 0.343 e. The molecule has 2 fully saturated rings. The quantitative estimate of drug-likeness (QED) is 0.852. The van der Waals surface area contributed by atoms with Crippen LogP contribution in [0.4, 0.5) is 4.39 Å². The standard InChI is InChI=1S/C21H25FN4O3/c1-14-23-20(25-29-14)21(10-2-3-11-21)24-18(27)15-8-12-26(13-9-15)19(28)16-4-6-17(22)7-5-16/h4-7,15H,2-3,8-13H2,1H3,(H,24,27). The molecule has 1 saturated heterocycles. The predicted molar refractivity (Wildman–Crippen MR) is 102 cm³/mol. The van der Waals surface area contributed by atoms with E-state index in [1.165, 1.54) is 24.3 Å². The average molecular weight is 400 g/mol. The number of carbonyl (C=O) groups excluding carboxylic acids is 2. The number of likely N-dealkylation sites (tertiary alicyclic amines) is 1. The summed E-state index contributed by atoms with van der Waals surface area (Å²) in [5.41, 5.74) is -0.0812. The van der Waals surface area contributed by atoms with Crippen molar-refractivity contribution in [1.29, 1.82) is 0 Å². The molecular formula is C21H25FN4O3. The van der Waals surface area contributed by atoms with E-state index in [-0.39, 0.29) is 23.5 Å². The second kappa shape index (κ2) is 7.93. The highest BCUT2D eigenvalue weighted by Gasteiger charge is 2.42. The Bertz CT molecular complexity index is 882. The molecule has 0 atom stereocenters. The number of aryl methyl sites for hydroxylation is 1.